The van der Waals surface area contributed by atoms with Crippen LogP contribution in [0.1, 0.15) is 25.7 Å². The highest BCUT2D eigenvalue weighted by Gasteiger charge is 2.16. The van der Waals surface area contributed by atoms with Gasteiger partial charge in [0.2, 0.25) is 0 Å². The molecule has 0 amide bonds. The minimum absolute atomic E-state index is 0.0994. The van der Waals surface area contributed by atoms with E-state index in [4.69, 9.17) is 5.11 Å². The van der Waals surface area contributed by atoms with Gasteiger partial charge in [-0.3, -0.25) is 4.79 Å². The number of carbonyl (C=O) groups excluding carboxylic acids is 3. The van der Waals surface area contributed by atoms with Crippen LogP contribution in [0.4, 0.5) is 0 Å². The Bertz CT molecular complexity index is 463. The van der Waals surface area contributed by atoms with Crippen molar-refractivity contribution >= 4 is 24.8 Å². The Morgan fingerprint density at radius 2 is 0.862 bits per heavy atom. The first-order valence-electron chi connectivity index (χ1n) is 10.5. The molecule has 0 bridgehead atoms. The molecule has 0 aromatic carbocycles. The Hall–Kier alpha value is -1.68. The molecule has 1 saturated heterocycles. The first-order valence-corrected chi connectivity index (χ1v) is 10.5. The van der Waals surface area contributed by atoms with Crippen molar-refractivity contribution in [2.24, 2.45) is 0 Å². The summed E-state index contributed by atoms with van der Waals surface area (Å²) in [4.78, 5) is 52.3. The SMILES string of the molecule is O=CCCN1CCN(CCC=O)CCN(CCC(=O)O)CCN(CCC=O)CC1. The third-order valence-electron chi connectivity index (χ3n) is 5.26. The monoisotopic (exact) mass is 412 g/mol. The Balaban J connectivity index is 2.80. The highest BCUT2D eigenvalue weighted by Crippen LogP contribution is 2.03. The summed E-state index contributed by atoms with van der Waals surface area (Å²) in [5.41, 5.74) is 0. The molecule has 1 aliphatic heterocycles. The summed E-state index contributed by atoms with van der Waals surface area (Å²) in [5.74, 6) is -0.808. The molecule has 1 N–H and O–H groups in total. The number of carboxylic acid groups (broad SMARTS) is 1. The number of hydrogen-bond acceptors (Lipinski definition) is 8. The van der Waals surface area contributed by atoms with Crippen molar-refractivity contribution in [3.05, 3.63) is 0 Å². The predicted octanol–water partition coefficient (Wildman–Crippen LogP) is -0.550. The molecular weight excluding hydrogens is 376 g/mol. The predicted molar refractivity (Wildman–Crippen MR) is 110 cm³/mol. The second-order valence-electron chi connectivity index (χ2n) is 7.38. The summed E-state index contributed by atoms with van der Waals surface area (Å²) in [6, 6.07) is 0. The summed E-state index contributed by atoms with van der Waals surface area (Å²) in [6.07, 6.45) is 4.32. The van der Waals surface area contributed by atoms with Crippen LogP contribution in [-0.4, -0.2) is 128 Å². The molecule has 0 unspecified atom stereocenters. The first kappa shape index (κ1) is 25.4. The van der Waals surface area contributed by atoms with E-state index in [1.807, 2.05) is 0 Å². The lowest BCUT2D eigenvalue weighted by Gasteiger charge is -2.34. The van der Waals surface area contributed by atoms with Crippen LogP contribution in [-0.2, 0) is 19.2 Å². The van der Waals surface area contributed by atoms with Crippen LogP contribution >= 0.6 is 0 Å². The average molecular weight is 413 g/mol. The summed E-state index contributed by atoms with van der Waals surface area (Å²) < 4.78 is 0. The molecule has 0 aromatic rings. The maximum Gasteiger partial charge on any atom is 0.304 e. The zero-order valence-electron chi connectivity index (χ0n) is 17.4. The maximum absolute atomic E-state index is 11.0. The van der Waals surface area contributed by atoms with E-state index in [-0.39, 0.29) is 6.42 Å². The minimum Gasteiger partial charge on any atom is -0.481 e. The van der Waals surface area contributed by atoms with Gasteiger partial charge >= 0.3 is 5.97 Å². The third kappa shape index (κ3) is 12.5. The van der Waals surface area contributed by atoms with Gasteiger partial charge in [0.1, 0.15) is 18.9 Å². The van der Waals surface area contributed by atoms with Gasteiger partial charge in [-0.15, -0.1) is 0 Å². The van der Waals surface area contributed by atoms with Crippen LogP contribution in [0, 0.1) is 0 Å². The average Bonchev–Trinajstić information content (AvgIpc) is 2.71. The van der Waals surface area contributed by atoms with E-state index < -0.39 is 5.97 Å². The molecule has 0 saturated carbocycles. The summed E-state index contributed by atoms with van der Waals surface area (Å²) in [6.45, 7) is 8.79. The highest BCUT2D eigenvalue weighted by atomic mass is 16.4. The molecule has 0 atom stereocenters. The normalized spacial score (nSPS) is 19.2. The van der Waals surface area contributed by atoms with Gasteiger partial charge in [0.05, 0.1) is 6.42 Å². The molecule has 166 valence electrons. The van der Waals surface area contributed by atoms with Crippen LogP contribution in [0.5, 0.6) is 0 Å². The van der Waals surface area contributed by atoms with Gasteiger partial charge in [-0.25, -0.2) is 0 Å². The summed E-state index contributed by atoms with van der Waals surface area (Å²) in [5, 5.41) is 9.03. The lowest BCUT2D eigenvalue weighted by atomic mass is 10.3. The van der Waals surface area contributed by atoms with Crippen molar-refractivity contribution in [3.8, 4) is 0 Å². The maximum atomic E-state index is 11.0. The van der Waals surface area contributed by atoms with Crippen molar-refractivity contribution < 1.29 is 24.3 Å². The van der Waals surface area contributed by atoms with Gasteiger partial charge in [-0.2, -0.15) is 0 Å². The van der Waals surface area contributed by atoms with Crippen molar-refractivity contribution in [1.29, 1.82) is 0 Å². The molecule has 0 spiro atoms. The molecule has 0 radical (unpaired) electrons. The van der Waals surface area contributed by atoms with E-state index in [2.05, 4.69) is 19.6 Å². The second kappa shape index (κ2) is 16.2. The number of nitrogens with zero attached hydrogens (tertiary/aromatic N) is 4. The standard InChI is InChI=1S/C20H36N4O5/c25-17-1-5-21-9-11-22(6-2-18-26)13-15-24(8-4-20(28)29)16-14-23(12-10-21)7-3-19-27/h17-19H,1-16H2,(H,28,29). The number of aliphatic carboxylic acids is 1. The van der Waals surface area contributed by atoms with Crippen LogP contribution in [0.3, 0.4) is 0 Å². The Kier molecular flexibility index (Phi) is 14.1. The van der Waals surface area contributed by atoms with E-state index in [9.17, 15) is 19.2 Å². The van der Waals surface area contributed by atoms with Crippen LogP contribution in [0.15, 0.2) is 0 Å². The van der Waals surface area contributed by atoms with E-state index >= 15 is 0 Å². The van der Waals surface area contributed by atoms with E-state index in [0.717, 1.165) is 71.2 Å². The summed E-state index contributed by atoms with van der Waals surface area (Å²) >= 11 is 0. The molecule has 1 rings (SSSR count). The topological polar surface area (TPSA) is 101 Å². The quantitative estimate of drug-likeness (QED) is 0.423. The van der Waals surface area contributed by atoms with E-state index in [0.29, 0.717) is 45.4 Å². The van der Waals surface area contributed by atoms with Crippen molar-refractivity contribution in [2.45, 2.75) is 25.7 Å². The molecule has 29 heavy (non-hydrogen) atoms. The van der Waals surface area contributed by atoms with Gasteiger partial charge in [-0.05, 0) is 0 Å². The Morgan fingerprint density at radius 3 is 1.10 bits per heavy atom. The highest BCUT2D eigenvalue weighted by molar-refractivity contribution is 5.66. The minimum atomic E-state index is -0.808. The van der Waals surface area contributed by atoms with Crippen LogP contribution in [0.25, 0.3) is 0 Å². The van der Waals surface area contributed by atoms with E-state index in [1.54, 1.807) is 0 Å². The number of rotatable bonds is 12. The molecule has 0 aromatic heterocycles. The smallest absolute Gasteiger partial charge is 0.304 e. The Morgan fingerprint density at radius 1 is 0.586 bits per heavy atom. The molecule has 0 aliphatic carbocycles. The fourth-order valence-electron chi connectivity index (χ4n) is 3.43. The van der Waals surface area contributed by atoms with Gasteiger partial charge in [0.25, 0.3) is 0 Å². The van der Waals surface area contributed by atoms with Gasteiger partial charge < -0.3 is 39.1 Å². The second-order valence-corrected chi connectivity index (χ2v) is 7.38. The fourth-order valence-corrected chi connectivity index (χ4v) is 3.43. The molecule has 9 nitrogen and oxygen atoms in total. The van der Waals surface area contributed by atoms with Crippen LogP contribution < -0.4 is 0 Å². The largest absolute Gasteiger partial charge is 0.481 e. The van der Waals surface area contributed by atoms with Gasteiger partial charge in [0, 0.05) is 97.8 Å². The lowest BCUT2D eigenvalue weighted by molar-refractivity contribution is -0.137. The molecule has 1 heterocycles. The van der Waals surface area contributed by atoms with E-state index in [1.165, 1.54) is 0 Å². The van der Waals surface area contributed by atoms with Crippen molar-refractivity contribution in [1.82, 2.24) is 19.6 Å². The lowest BCUT2D eigenvalue weighted by Crippen LogP contribution is -2.46. The zero-order valence-corrected chi connectivity index (χ0v) is 17.4. The number of aldehydes is 3. The fraction of sp³-hybridized carbons (Fsp3) is 0.800. The van der Waals surface area contributed by atoms with Crippen LogP contribution in [0.2, 0.25) is 0 Å². The Labute approximate surface area is 173 Å². The van der Waals surface area contributed by atoms with Gasteiger partial charge in [-0.1, -0.05) is 0 Å². The third-order valence-corrected chi connectivity index (χ3v) is 5.26. The van der Waals surface area contributed by atoms with Crippen molar-refractivity contribution in [3.63, 3.8) is 0 Å². The first-order chi connectivity index (χ1) is 14.1. The number of carboxylic acids is 1. The zero-order chi connectivity index (χ0) is 21.3. The molecule has 9 heteroatoms. The van der Waals surface area contributed by atoms with Crippen molar-refractivity contribution in [2.75, 3.05) is 78.5 Å². The molecular formula is C20H36N4O5. The number of carbonyl (C=O) groups is 4. The number of hydrogen-bond donors (Lipinski definition) is 1. The molecule has 1 fully saturated rings. The van der Waals surface area contributed by atoms with Gasteiger partial charge in [0.15, 0.2) is 0 Å². The molecule has 1 aliphatic rings. The summed E-state index contributed by atoms with van der Waals surface area (Å²) in [7, 11) is 0.